The van der Waals surface area contributed by atoms with Gasteiger partial charge < -0.3 is 4.74 Å². The standard InChI is InChI=1S/C21H14Br2N2O3/c22-16-10-11-19(28-21(27)14-6-2-1-3-7-14)15(12-16)13-24-25-20(26)17-8-4-5-9-18(17)23/h1-13H,(H,25,26)/b24-13-. The van der Waals surface area contributed by atoms with Crippen LogP contribution in [0.4, 0.5) is 0 Å². The Morgan fingerprint density at radius 2 is 1.64 bits per heavy atom. The molecule has 3 aromatic rings. The summed E-state index contributed by atoms with van der Waals surface area (Å²) in [7, 11) is 0. The number of halogens is 2. The predicted molar refractivity (Wildman–Crippen MR) is 115 cm³/mol. The number of ether oxygens (including phenoxy) is 1. The zero-order chi connectivity index (χ0) is 19.9. The molecule has 3 aromatic carbocycles. The molecule has 0 unspecified atom stereocenters. The molecule has 140 valence electrons. The maximum atomic E-state index is 12.3. The molecule has 1 N–H and O–H groups in total. The zero-order valence-electron chi connectivity index (χ0n) is 14.4. The topological polar surface area (TPSA) is 67.8 Å². The van der Waals surface area contributed by atoms with Crippen LogP contribution in [0.3, 0.4) is 0 Å². The van der Waals surface area contributed by atoms with Crippen LogP contribution in [0.2, 0.25) is 0 Å². The third-order valence-electron chi connectivity index (χ3n) is 3.67. The van der Waals surface area contributed by atoms with E-state index >= 15 is 0 Å². The van der Waals surface area contributed by atoms with Crippen LogP contribution in [0, 0.1) is 0 Å². The van der Waals surface area contributed by atoms with E-state index in [2.05, 4.69) is 42.4 Å². The molecule has 0 radical (unpaired) electrons. The van der Waals surface area contributed by atoms with E-state index in [1.54, 1.807) is 60.7 Å². The van der Waals surface area contributed by atoms with Crippen molar-refractivity contribution in [1.29, 1.82) is 0 Å². The molecule has 0 heterocycles. The molecule has 5 nitrogen and oxygen atoms in total. The second kappa shape index (κ2) is 9.43. The van der Waals surface area contributed by atoms with Crippen LogP contribution in [-0.2, 0) is 0 Å². The summed E-state index contributed by atoms with van der Waals surface area (Å²) >= 11 is 6.71. The molecular weight excluding hydrogens is 488 g/mol. The van der Waals surface area contributed by atoms with E-state index in [1.807, 2.05) is 12.1 Å². The molecule has 3 rings (SSSR count). The number of carbonyl (C=O) groups is 2. The van der Waals surface area contributed by atoms with Gasteiger partial charge in [0, 0.05) is 14.5 Å². The Morgan fingerprint density at radius 3 is 2.39 bits per heavy atom. The zero-order valence-corrected chi connectivity index (χ0v) is 17.6. The number of nitrogens with one attached hydrogen (secondary N) is 1. The first-order valence-corrected chi connectivity index (χ1v) is 9.78. The molecule has 0 atom stereocenters. The van der Waals surface area contributed by atoms with Gasteiger partial charge in [0.25, 0.3) is 5.91 Å². The highest BCUT2D eigenvalue weighted by Crippen LogP contribution is 2.23. The predicted octanol–water partition coefficient (Wildman–Crippen LogP) is 5.19. The average Bonchev–Trinajstić information content (AvgIpc) is 2.70. The van der Waals surface area contributed by atoms with Gasteiger partial charge in [0.15, 0.2) is 0 Å². The van der Waals surface area contributed by atoms with Crippen molar-refractivity contribution in [1.82, 2.24) is 5.43 Å². The van der Waals surface area contributed by atoms with Crippen LogP contribution in [0.5, 0.6) is 5.75 Å². The fourth-order valence-corrected chi connectivity index (χ4v) is 3.16. The lowest BCUT2D eigenvalue weighted by atomic mass is 10.2. The third-order valence-corrected chi connectivity index (χ3v) is 4.86. The molecule has 7 heteroatoms. The van der Waals surface area contributed by atoms with Crippen LogP contribution in [0.25, 0.3) is 0 Å². The van der Waals surface area contributed by atoms with Gasteiger partial charge in [-0.3, -0.25) is 4.79 Å². The van der Waals surface area contributed by atoms with Gasteiger partial charge in [-0.15, -0.1) is 0 Å². The Kier molecular flexibility index (Phi) is 6.73. The molecule has 0 aliphatic rings. The van der Waals surface area contributed by atoms with E-state index in [1.165, 1.54) is 6.21 Å². The van der Waals surface area contributed by atoms with E-state index in [0.717, 1.165) is 4.47 Å². The molecule has 0 saturated heterocycles. The van der Waals surface area contributed by atoms with Crippen molar-refractivity contribution in [2.45, 2.75) is 0 Å². The Hall–Kier alpha value is -2.77. The second-order valence-corrected chi connectivity index (χ2v) is 7.39. The van der Waals surface area contributed by atoms with Crippen molar-refractivity contribution < 1.29 is 14.3 Å². The highest BCUT2D eigenvalue weighted by Gasteiger charge is 2.12. The molecule has 0 saturated carbocycles. The van der Waals surface area contributed by atoms with Crippen molar-refractivity contribution >= 4 is 50.0 Å². The Labute approximate surface area is 178 Å². The van der Waals surface area contributed by atoms with Gasteiger partial charge in [-0.2, -0.15) is 5.10 Å². The third kappa shape index (κ3) is 5.15. The summed E-state index contributed by atoms with van der Waals surface area (Å²) in [5, 5.41) is 3.98. The lowest BCUT2D eigenvalue weighted by molar-refractivity contribution is 0.0734. The lowest BCUT2D eigenvalue weighted by Crippen LogP contribution is -2.18. The number of amides is 1. The minimum atomic E-state index is -0.477. The summed E-state index contributed by atoms with van der Waals surface area (Å²) < 4.78 is 6.93. The van der Waals surface area contributed by atoms with Crippen LogP contribution in [0.1, 0.15) is 26.3 Å². The Balaban J connectivity index is 1.75. The summed E-state index contributed by atoms with van der Waals surface area (Å²) in [4.78, 5) is 24.5. The summed E-state index contributed by atoms with van der Waals surface area (Å²) in [6, 6.07) is 20.9. The summed E-state index contributed by atoms with van der Waals surface area (Å²) in [6.07, 6.45) is 1.42. The SMILES string of the molecule is O=C(Oc1ccc(Br)cc1/C=N\NC(=O)c1ccccc1Br)c1ccccc1. The summed E-state index contributed by atoms with van der Waals surface area (Å²) in [5.41, 5.74) is 3.90. The fraction of sp³-hybridized carbons (Fsp3) is 0. The maximum Gasteiger partial charge on any atom is 0.343 e. The number of nitrogens with zero attached hydrogens (tertiary/aromatic N) is 1. The molecule has 0 aromatic heterocycles. The maximum absolute atomic E-state index is 12.3. The van der Waals surface area contributed by atoms with E-state index in [9.17, 15) is 9.59 Å². The van der Waals surface area contributed by atoms with Gasteiger partial charge in [-0.1, -0.05) is 46.3 Å². The monoisotopic (exact) mass is 500 g/mol. The molecular formula is C21H14Br2N2O3. The molecule has 1 amide bonds. The van der Waals surface area contributed by atoms with Crippen LogP contribution in [0.15, 0.2) is 86.8 Å². The molecule has 0 aliphatic heterocycles. The van der Waals surface area contributed by atoms with Crippen LogP contribution in [-0.4, -0.2) is 18.1 Å². The van der Waals surface area contributed by atoms with Crippen molar-refractivity contribution in [2.75, 3.05) is 0 Å². The normalized spacial score (nSPS) is 10.6. The van der Waals surface area contributed by atoms with Gasteiger partial charge in [0.2, 0.25) is 0 Å². The fourth-order valence-electron chi connectivity index (χ4n) is 2.31. The molecule has 0 aliphatic carbocycles. The van der Waals surface area contributed by atoms with E-state index in [0.29, 0.717) is 26.9 Å². The van der Waals surface area contributed by atoms with Crippen LogP contribution >= 0.6 is 31.9 Å². The second-order valence-electron chi connectivity index (χ2n) is 5.62. The van der Waals surface area contributed by atoms with E-state index in [-0.39, 0.29) is 5.91 Å². The van der Waals surface area contributed by atoms with Crippen molar-refractivity contribution in [3.63, 3.8) is 0 Å². The first-order chi connectivity index (χ1) is 13.5. The lowest BCUT2D eigenvalue weighted by Gasteiger charge is -2.08. The minimum absolute atomic E-state index is 0.330. The first-order valence-electron chi connectivity index (χ1n) is 8.19. The smallest absolute Gasteiger partial charge is 0.343 e. The van der Waals surface area contributed by atoms with Gasteiger partial charge in [-0.05, 0) is 58.4 Å². The van der Waals surface area contributed by atoms with Crippen molar-refractivity contribution in [3.8, 4) is 5.75 Å². The summed E-state index contributed by atoms with van der Waals surface area (Å²) in [6.45, 7) is 0. The number of esters is 1. The molecule has 0 fully saturated rings. The minimum Gasteiger partial charge on any atom is -0.422 e. The molecule has 0 spiro atoms. The number of hydrogen-bond donors (Lipinski definition) is 1. The number of carbonyl (C=O) groups excluding carboxylic acids is 2. The van der Waals surface area contributed by atoms with Crippen molar-refractivity contribution in [3.05, 3.63) is 98.4 Å². The first kappa shape index (κ1) is 20.0. The number of rotatable bonds is 5. The summed E-state index contributed by atoms with van der Waals surface area (Å²) in [5.74, 6) is -0.507. The largest absolute Gasteiger partial charge is 0.422 e. The average molecular weight is 502 g/mol. The number of hydrazone groups is 1. The Morgan fingerprint density at radius 1 is 0.929 bits per heavy atom. The number of hydrogen-bond acceptors (Lipinski definition) is 4. The van der Waals surface area contributed by atoms with Gasteiger partial charge >= 0.3 is 5.97 Å². The highest BCUT2D eigenvalue weighted by molar-refractivity contribution is 9.10. The number of benzene rings is 3. The highest BCUT2D eigenvalue weighted by atomic mass is 79.9. The Bertz CT molecular complexity index is 1040. The van der Waals surface area contributed by atoms with Gasteiger partial charge in [-0.25, -0.2) is 10.2 Å². The quantitative estimate of drug-likeness (QED) is 0.226. The van der Waals surface area contributed by atoms with Gasteiger partial charge in [0.1, 0.15) is 5.75 Å². The molecule has 28 heavy (non-hydrogen) atoms. The van der Waals surface area contributed by atoms with E-state index < -0.39 is 5.97 Å². The van der Waals surface area contributed by atoms with Crippen molar-refractivity contribution in [2.24, 2.45) is 5.10 Å². The van der Waals surface area contributed by atoms with E-state index in [4.69, 9.17) is 4.74 Å². The van der Waals surface area contributed by atoms with Gasteiger partial charge in [0.05, 0.1) is 17.3 Å². The molecule has 0 bridgehead atoms. The van der Waals surface area contributed by atoms with Crippen LogP contribution < -0.4 is 10.2 Å².